The second kappa shape index (κ2) is 4.77. The first-order chi connectivity index (χ1) is 7.78. The Morgan fingerprint density at radius 3 is 3.00 bits per heavy atom. The molecule has 6 heteroatoms. The molecule has 0 aromatic carbocycles. The standard InChI is InChI=1S/C10H14N6/c1-16-3-2-8(5-16)15-10-4-9(12-6-11)13-7-14-10/h4,7-8H,2-3,5H2,1H3,(H2,12,13,14,15). The molecule has 1 unspecified atom stereocenters. The molecule has 84 valence electrons. The molecule has 2 heterocycles. The molecular formula is C10H14N6. The number of likely N-dealkylation sites (tertiary alicyclic amines) is 1. The van der Waals surface area contributed by atoms with Crippen molar-refractivity contribution in [1.82, 2.24) is 14.9 Å². The number of aromatic nitrogens is 2. The Labute approximate surface area is 94.3 Å². The lowest BCUT2D eigenvalue weighted by Gasteiger charge is -2.13. The molecule has 1 atom stereocenters. The van der Waals surface area contributed by atoms with E-state index in [2.05, 4.69) is 32.5 Å². The maximum absolute atomic E-state index is 8.48. The van der Waals surface area contributed by atoms with E-state index in [1.807, 2.05) is 6.19 Å². The van der Waals surface area contributed by atoms with Crippen molar-refractivity contribution in [3.05, 3.63) is 12.4 Å². The van der Waals surface area contributed by atoms with Crippen LogP contribution in [0.1, 0.15) is 6.42 Å². The highest BCUT2D eigenvalue weighted by atomic mass is 15.2. The molecule has 2 rings (SSSR count). The van der Waals surface area contributed by atoms with Gasteiger partial charge in [0.05, 0.1) is 0 Å². The molecule has 1 aromatic rings. The topological polar surface area (TPSA) is 76.9 Å². The van der Waals surface area contributed by atoms with Crippen LogP contribution in [0, 0.1) is 11.5 Å². The van der Waals surface area contributed by atoms with Crippen LogP contribution in [-0.4, -0.2) is 41.0 Å². The van der Waals surface area contributed by atoms with Gasteiger partial charge in [0.15, 0.2) is 6.19 Å². The summed E-state index contributed by atoms with van der Waals surface area (Å²) in [5.41, 5.74) is 0. The van der Waals surface area contributed by atoms with Crippen LogP contribution < -0.4 is 10.6 Å². The Balaban J connectivity index is 1.99. The molecule has 0 bridgehead atoms. The fourth-order valence-electron chi connectivity index (χ4n) is 1.82. The van der Waals surface area contributed by atoms with Gasteiger partial charge in [-0.15, -0.1) is 0 Å². The van der Waals surface area contributed by atoms with Gasteiger partial charge < -0.3 is 10.2 Å². The minimum Gasteiger partial charge on any atom is -0.366 e. The van der Waals surface area contributed by atoms with E-state index >= 15 is 0 Å². The van der Waals surface area contributed by atoms with Gasteiger partial charge in [0.25, 0.3) is 0 Å². The maximum Gasteiger partial charge on any atom is 0.182 e. The summed E-state index contributed by atoms with van der Waals surface area (Å²) < 4.78 is 0. The molecule has 1 aromatic heterocycles. The summed E-state index contributed by atoms with van der Waals surface area (Å²) >= 11 is 0. The molecule has 1 fully saturated rings. The minimum absolute atomic E-state index is 0.426. The summed E-state index contributed by atoms with van der Waals surface area (Å²) in [6, 6.07) is 2.16. The SMILES string of the molecule is CN1CCC(Nc2cc(NC#N)ncn2)C1. The Kier molecular flexibility index (Phi) is 3.17. The Morgan fingerprint density at radius 2 is 2.31 bits per heavy atom. The third-order valence-electron chi connectivity index (χ3n) is 2.59. The van der Waals surface area contributed by atoms with Crippen LogP contribution in [0.25, 0.3) is 0 Å². The number of nitriles is 1. The zero-order chi connectivity index (χ0) is 11.4. The van der Waals surface area contributed by atoms with Gasteiger partial charge >= 0.3 is 0 Å². The first kappa shape index (κ1) is 10.6. The van der Waals surface area contributed by atoms with E-state index in [1.165, 1.54) is 6.33 Å². The fraction of sp³-hybridized carbons (Fsp3) is 0.500. The normalized spacial score (nSPS) is 20.4. The van der Waals surface area contributed by atoms with Crippen LogP contribution in [0.2, 0.25) is 0 Å². The van der Waals surface area contributed by atoms with Crippen LogP contribution in [0.5, 0.6) is 0 Å². The number of likely N-dealkylation sites (N-methyl/N-ethyl adjacent to an activating group) is 1. The van der Waals surface area contributed by atoms with Crippen molar-refractivity contribution in [3.8, 4) is 6.19 Å². The number of nitrogens with zero attached hydrogens (tertiary/aromatic N) is 4. The van der Waals surface area contributed by atoms with Crippen molar-refractivity contribution in [2.75, 3.05) is 30.8 Å². The lowest BCUT2D eigenvalue weighted by molar-refractivity contribution is 0.414. The van der Waals surface area contributed by atoms with E-state index in [-0.39, 0.29) is 0 Å². The Morgan fingerprint density at radius 1 is 1.50 bits per heavy atom. The molecule has 0 aliphatic carbocycles. The van der Waals surface area contributed by atoms with Gasteiger partial charge in [0.1, 0.15) is 18.0 Å². The fourth-order valence-corrected chi connectivity index (χ4v) is 1.82. The summed E-state index contributed by atoms with van der Waals surface area (Å²) in [5, 5.41) is 14.3. The van der Waals surface area contributed by atoms with E-state index in [9.17, 15) is 0 Å². The highest BCUT2D eigenvalue weighted by Crippen LogP contribution is 2.14. The molecule has 1 aliphatic rings. The molecule has 16 heavy (non-hydrogen) atoms. The molecule has 0 amide bonds. The van der Waals surface area contributed by atoms with Crippen molar-refractivity contribution in [2.45, 2.75) is 12.5 Å². The number of hydrogen-bond donors (Lipinski definition) is 2. The van der Waals surface area contributed by atoms with Crippen LogP contribution in [0.4, 0.5) is 11.6 Å². The molecular weight excluding hydrogens is 204 g/mol. The van der Waals surface area contributed by atoms with E-state index in [0.717, 1.165) is 25.3 Å². The van der Waals surface area contributed by atoms with Crippen molar-refractivity contribution >= 4 is 11.6 Å². The Bertz CT molecular complexity index is 399. The predicted molar refractivity (Wildman–Crippen MR) is 60.8 cm³/mol. The van der Waals surface area contributed by atoms with E-state index in [1.54, 1.807) is 6.07 Å². The predicted octanol–water partition coefficient (Wildman–Crippen LogP) is 0.486. The first-order valence-electron chi connectivity index (χ1n) is 5.20. The van der Waals surface area contributed by atoms with Gasteiger partial charge in [-0.1, -0.05) is 0 Å². The first-order valence-corrected chi connectivity index (χ1v) is 5.20. The molecule has 6 nitrogen and oxygen atoms in total. The molecule has 2 N–H and O–H groups in total. The summed E-state index contributed by atoms with van der Waals surface area (Å²) in [6.45, 7) is 2.12. The molecule has 0 radical (unpaired) electrons. The monoisotopic (exact) mass is 218 g/mol. The van der Waals surface area contributed by atoms with Crippen molar-refractivity contribution in [2.24, 2.45) is 0 Å². The van der Waals surface area contributed by atoms with Crippen LogP contribution >= 0.6 is 0 Å². The largest absolute Gasteiger partial charge is 0.366 e. The third-order valence-corrected chi connectivity index (χ3v) is 2.59. The quantitative estimate of drug-likeness (QED) is 0.568. The lowest BCUT2D eigenvalue weighted by Crippen LogP contribution is -2.24. The van der Waals surface area contributed by atoms with Gasteiger partial charge in [0, 0.05) is 18.7 Å². The van der Waals surface area contributed by atoms with Gasteiger partial charge in [0.2, 0.25) is 0 Å². The van der Waals surface area contributed by atoms with Crippen molar-refractivity contribution < 1.29 is 0 Å². The molecule has 0 saturated carbocycles. The zero-order valence-corrected chi connectivity index (χ0v) is 9.14. The average molecular weight is 218 g/mol. The van der Waals surface area contributed by atoms with Gasteiger partial charge in [-0.25, -0.2) is 9.97 Å². The number of anilines is 2. The van der Waals surface area contributed by atoms with Crippen molar-refractivity contribution in [1.29, 1.82) is 5.26 Å². The summed E-state index contributed by atoms with van der Waals surface area (Å²) in [6.07, 6.45) is 4.39. The summed E-state index contributed by atoms with van der Waals surface area (Å²) in [5.74, 6) is 1.28. The zero-order valence-electron chi connectivity index (χ0n) is 9.14. The Hall–Kier alpha value is -1.87. The second-order valence-corrected chi connectivity index (χ2v) is 3.92. The van der Waals surface area contributed by atoms with E-state index < -0.39 is 0 Å². The number of hydrogen-bond acceptors (Lipinski definition) is 6. The number of nitrogens with one attached hydrogen (secondary N) is 2. The smallest absolute Gasteiger partial charge is 0.182 e. The third kappa shape index (κ3) is 2.58. The molecule has 1 aliphatic heterocycles. The van der Waals surface area contributed by atoms with E-state index in [4.69, 9.17) is 5.26 Å². The second-order valence-electron chi connectivity index (χ2n) is 3.92. The van der Waals surface area contributed by atoms with Crippen LogP contribution in [-0.2, 0) is 0 Å². The average Bonchev–Trinajstić information content (AvgIpc) is 2.65. The molecule has 0 spiro atoms. The van der Waals surface area contributed by atoms with E-state index in [0.29, 0.717) is 11.9 Å². The van der Waals surface area contributed by atoms with Crippen LogP contribution in [0.15, 0.2) is 12.4 Å². The maximum atomic E-state index is 8.48. The summed E-state index contributed by atoms with van der Waals surface area (Å²) in [7, 11) is 2.10. The van der Waals surface area contributed by atoms with Gasteiger partial charge in [-0.2, -0.15) is 5.26 Å². The lowest BCUT2D eigenvalue weighted by atomic mass is 10.2. The van der Waals surface area contributed by atoms with Gasteiger partial charge in [-0.3, -0.25) is 5.32 Å². The van der Waals surface area contributed by atoms with Gasteiger partial charge in [-0.05, 0) is 20.0 Å². The summed E-state index contributed by atoms with van der Waals surface area (Å²) in [4.78, 5) is 10.3. The minimum atomic E-state index is 0.426. The van der Waals surface area contributed by atoms with Crippen LogP contribution in [0.3, 0.4) is 0 Å². The highest BCUT2D eigenvalue weighted by Gasteiger charge is 2.19. The van der Waals surface area contributed by atoms with Crippen molar-refractivity contribution in [3.63, 3.8) is 0 Å². The number of rotatable bonds is 3. The molecule has 1 saturated heterocycles. The highest BCUT2D eigenvalue weighted by molar-refractivity contribution is 5.48.